The van der Waals surface area contributed by atoms with Gasteiger partial charge in [0.25, 0.3) is 0 Å². The Balaban J connectivity index is 2.07. The first-order valence-corrected chi connectivity index (χ1v) is 6.27. The number of fused-ring (bicyclic) bond motifs is 1. The maximum Gasteiger partial charge on any atom is 0.242 e. The largest absolute Gasteiger partial charge is 0.454 e. The Morgan fingerprint density at radius 2 is 2.05 bits per heavy atom. The van der Waals surface area contributed by atoms with Gasteiger partial charge in [-0.2, -0.15) is 0 Å². The highest BCUT2D eigenvalue weighted by molar-refractivity contribution is 5.85. The van der Waals surface area contributed by atoms with Crippen LogP contribution >= 0.6 is 0 Å². The molecule has 0 aliphatic carbocycles. The number of nitrogens with zero attached hydrogens (tertiary/aromatic N) is 1. The third-order valence-electron chi connectivity index (χ3n) is 3.36. The van der Waals surface area contributed by atoms with E-state index in [9.17, 15) is 4.79 Å². The number of rotatable bonds is 4. The second-order valence-corrected chi connectivity index (χ2v) is 5.22. The van der Waals surface area contributed by atoms with E-state index < -0.39 is 5.54 Å². The molecule has 1 aliphatic heterocycles. The lowest BCUT2D eigenvalue weighted by atomic mass is 10.0. The Hall–Kier alpha value is -1.75. The third kappa shape index (κ3) is 2.81. The molecule has 0 bridgehead atoms. The summed E-state index contributed by atoms with van der Waals surface area (Å²) in [6, 6.07) is 5.74. The monoisotopic (exact) mass is 264 g/mol. The van der Waals surface area contributed by atoms with Gasteiger partial charge in [-0.3, -0.25) is 4.79 Å². The molecule has 2 rings (SSSR count). The smallest absolute Gasteiger partial charge is 0.242 e. The number of hydrogen-bond donors (Lipinski definition) is 1. The van der Waals surface area contributed by atoms with E-state index in [0.29, 0.717) is 6.54 Å². The van der Waals surface area contributed by atoms with Gasteiger partial charge in [-0.1, -0.05) is 6.07 Å². The van der Waals surface area contributed by atoms with E-state index in [1.54, 1.807) is 19.0 Å². The van der Waals surface area contributed by atoms with E-state index in [4.69, 9.17) is 9.47 Å². The molecule has 1 heterocycles. The molecule has 0 unspecified atom stereocenters. The molecule has 1 amide bonds. The number of amides is 1. The lowest BCUT2D eigenvalue weighted by Gasteiger charge is -2.29. The first kappa shape index (κ1) is 13.7. The fourth-order valence-electron chi connectivity index (χ4n) is 1.97. The van der Waals surface area contributed by atoms with E-state index in [1.807, 2.05) is 32.0 Å². The summed E-state index contributed by atoms with van der Waals surface area (Å²) in [6.07, 6.45) is 0. The Bertz CT molecular complexity index is 486. The van der Waals surface area contributed by atoms with Crippen molar-refractivity contribution >= 4 is 5.91 Å². The Labute approximate surface area is 113 Å². The summed E-state index contributed by atoms with van der Waals surface area (Å²) in [7, 11) is 3.58. The molecule has 0 fully saturated rings. The minimum Gasteiger partial charge on any atom is -0.454 e. The molecule has 0 saturated carbocycles. The average Bonchev–Trinajstić information content (AvgIpc) is 2.85. The molecular formula is C14H20N2O3. The van der Waals surface area contributed by atoms with Crippen molar-refractivity contribution in [2.75, 3.05) is 20.9 Å². The molecule has 19 heavy (non-hydrogen) atoms. The molecule has 0 radical (unpaired) electrons. The summed E-state index contributed by atoms with van der Waals surface area (Å²) < 4.78 is 10.6. The number of carbonyl (C=O) groups excluding carboxylic acids is 1. The molecule has 0 aromatic heterocycles. The number of hydrogen-bond acceptors (Lipinski definition) is 4. The van der Waals surface area contributed by atoms with Crippen LogP contribution in [0, 0.1) is 0 Å². The van der Waals surface area contributed by atoms with Crippen LogP contribution in [0.4, 0.5) is 0 Å². The van der Waals surface area contributed by atoms with Crippen molar-refractivity contribution in [3.63, 3.8) is 0 Å². The number of carbonyl (C=O) groups is 1. The maximum absolute atomic E-state index is 12.2. The zero-order valence-corrected chi connectivity index (χ0v) is 11.8. The molecule has 1 aromatic carbocycles. The first-order chi connectivity index (χ1) is 8.94. The fourth-order valence-corrected chi connectivity index (χ4v) is 1.97. The van der Waals surface area contributed by atoms with Crippen molar-refractivity contribution in [2.24, 2.45) is 0 Å². The van der Waals surface area contributed by atoms with Crippen molar-refractivity contribution < 1.29 is 14.3 Å². The first-order valence-electron chi connectivity index (χ1n) is 6.27. The summed E-state index contributed by atoms with van der Waals surface area (Å²) in [4.78, 5) is 13.9. The highest BCUT2D eigenvalue weighted by atomic mass is 16.7. The molecule has 1 N–H and O–H groups in total. The molecule has 1 aliphatic rings. The summed E-state index contributed by atoms with van der Waals surface area (Å²) in [5, 5.41) is 3.01. The van der Waals surface area contributed by atoms with Crippen LogP contribution in [0.15, 0.2) is 18.2 Å². The molecule has 104 valence electrons. The summed E-state index contributed by atoms with van der Waals surface area (Å²) >= 11 is 0. The van der Waals surface area contributed by atoms with Crippen LogP contribution in [0.5, 0.6) is 11.5 Å². The van der Waals surface area contributed by atoms with Gasteiger partial charge in [0.2, 0.25) is 12.7 Å². The van der Waals surface area contributed by atoms with Crippen LogP contribution < -0.4 is 14.8 Å². The van der Waals surface area contributed by atoms with E-state index in [2.05, 4.69) is 5.32 Å². The molecule has 0 atom stereocenters. The van der Waals surface area contributed by atoms with Crippen molar-refractivity contribution in [1.29, 1.82) is 0 Å². The van der Waals surface area contributed by atoms with Crippen molar-refractivity contribution in [3.05, 3.63) is 23.8 Å². The third-order valence-corrected chi connectivity index (χ3v) is 3.36. The van der Waals surface area contributed by atoms with Gasteiger partial charge in [0.15, 0.2) is 11.5 Å². The second-order valence-electron chi connectivity index (χ2n) is 5.22. The number of likely N-dealkylation sites (N-methyl/N-ethyl adjacent to an activating group) is 2. The predicted octanol–water partition coefficient (Wildman–Crippen LogP) is 1.37. The van der Waals surface area contributed by atoms with Gasteiger partial charge in [-0.15, -0.1) is 0 Å². The quantitative estimate of drug-likeness (QED) is 0.892. The van der Waals surface area contributed by atoms with E-state index in [0.717, 1.165) is 17.1 Å². The Morgan fingerprint density at radius 3 is 2.74 bits per heavy atom. The van der Waals surface area contributed by atoms with E-state index in [-0.39, 0.29) is 12.7 Å². The Kier molecular flexibility index (Phi) is 3.66. The van der Waals surface area contributed by atoms with Crippen LogP contribution in [0.2, 0.25) is 0 Å². The predicted molar refractivity (Wildman–Crippen MR) is 72.2 cm³/mol. The topological polar surface area (TPSA) is 50.8 Å². The summed E-state index contributed by atoms with van der Waals surface area (Å²) in [5.41, 5.74) is 0.456. The summed E-state index contributed by atoms with van der Waals surface area (Å²) in [5.74, 6) is 1.55. The van der Waals surface area contributed by atoms with Gasteiger partial charge in [0, 0.05) is 13.6 Å². The van der Waals surface area contributed by atoms with Gasteiger partial charge >= 0.3 is 0 Å². The SMILES string of the molecule is CNC(C)(C)C(=O)N(C)Cc1ccc2c(c1)OCO2. The average molecular weight is 264 g/mol. The van der Waals surface area contributed by atoms with E-state index >= 15 is 0 Å². The van der Waals surface area contributed by atoms with Crippen molar-refractivity contribution in [3.8, 4) is 11.5 Å². The fraction of sp³-hybridized carbons (Fsp3) is 0.500. The lowest BCUT2D eigenvalue weighted by Crippen LogP contribution is -2.51. The minimum absolute atomic E-state index is 0.0488. The normalized spacial score (nSPS) is 13.5. The molecule has 5 nitrogen and oxygen atoms in total. The van der Waals surface area contributed by atoms with Gasteiger partial charge < -0.3 is 19.7 Å². The molecule has 0 spiro atoms. The van der Waals surface area contributed by atoms with Crippen LogP contribution in [-0.4, -0.2) is 37.2 Å². The number of benzene rings is 1. The van der Waals surface area contributed by atoms with Crippen LogP contribution in [0.25, 0.3) is 0 Å². The summed E-state index contributed by atoms with van der Waals surface area (Å²) in [6.45, 7) is 4.54. The highest BCUT2D eigenvalue weighted by Crippen LogP contribution is 2.32. The zero-order chi connectivity index (χ0) is 14.0. The minimum atomic E-state index is -0.564. The molecule has 1 aromatic rings. The van der Waals surface area contributed by atoms with Crippen molar-refractivity contribution in [2.45, 2.75) is 25.9 Å². The second kappa shape index (κ2) is 5.09. The van der Waals surface area contributed by atoms with Gasteiger partial charge in [-0.05, 0) is 38.6 Å². The lowest BCUT2D eigenvalue weighted by molar-refractivity contribution is -0.136. The Morgan fingerprint density at radius 1 is 1.37 bits per heavy atom. The van der Waals surface area contributed by atoms with Crippen LogP contribution in [0.3, 0.4) is 0 Å². The van der Waals surface area contributed by atoms with Gasteiger partial charge in [0.05, 0.1) is 5.54 Å². The van der Waals surface area contributed by atoms with Gasteiger partial charge in [0.1, 0.15) is 0 Å². The maximum atomic E-state index is 12.2. The standard InChI is InChI=1S/C14H20N2O3/c1-14(2,15-3)13(17)16(4)8-10-5-6-11-12(7-10)19-9-18-11/h5-7,15H,8-9H2,1-4H3. The van der Waals surface area contributed by atoms with Crippen LogP contribution in [0.1, 0.15) is 19.4 Å². The molecule has 0 saturated heterocycles. The molecule has 5 heteroatoms. The number of nitrogens with one attached hydrogen (secondary N) is 1. The van der Waals surface area contributed by atoms with Crippen LogP contribution in [-0.2, 0) is 11.3 Å². The van der Waals surface area contributed by atoms with Crippen molar-refractivity contribution in [1.82, 2.24) is 10.2 Å². The number of ether oxygens (including phenoxy) is 2. The van der Waals surface area contributed by atoms with E-state index in [1.165, 1.54) is 0 Å². The van der Waals surface area contributed by atoms with Gasteiger partial charge in [-0.25, -0.2) is 0 Å². The zero-order valence-electron chi connectivity index (χ0n) is 11.8. The molecular weight excluding hydrogens is 244 g/mol. The highest BCUT2D eigenvalue weighted by Gasteiger charge is 2.28.